The first-order valence-electron chi connectivity index (χ1n) is 16.4. The van der Waals surface area contributed by atoms with Crippen LogP contribution in [0.5, 0.6) is 0 Å². The topological polar surface area (TPSA) is 25.2 Å². The van der Waals surface area contributed by atoms with Crippen molar-refractivity contribution >= 4 is 82.9 Å². The highest BCUT2D eigenvalue weighted by Crippen LogP contribution is 2.48. The Morgan fingerprint density at radius 3 is 1.77 bits per heavy atom. The van der Waals surface area contributed by atoms with Gasteiger partial charge < -0.3 is 9.32 Å². The van der Waals surface area contributed by atoms with Crippen molar-refractivity contribution < 1.29 is 4.42 Å². The van der Waals surface area contributed by atoms with E-state index in [0.29, 0.717) is 0 Å². The molecule has 0 spiro atoms. The zero-order valence-corrected chi connectivity index (χ0v) is 25.8. The molecule has 0 amide bonds. The maximum absolute atomic E-state index is 6.43. The highest BCUT2D eigenvalue weighted by Gasteiger charge is 2.27. The molecule has 48 heavy (non-hydrogen) atoms. The third-order valence-corrected chi connectivity index (χ3v) is 10.0. The molecule has 0 N–H and O–H groups in total. The Hall–Kier alpha value is -6.52. The van der Waals surface area contributed by atoms with Crippen molar-refractivity contribution in [3.63, 3.8) is 0 Å². The Morgan fingerprint density at radius 1 is 0.396 bits per heavy atom. The summed E-state index contributed by atoms with van der Waals surface area (Å²) in [4.78, 5) is 2.42. The second-order valence-corrected chi connectivity index (χ2v) is 12.5. The summed E-state index contributed by atoms with van der Waals surface area (Å²) in [5.41, 5.74) is 13.4. The summed E-state index contributed by atoms with van der Waals surface area (Å²) < 4.78 is 11.4. The number of imidazole rings is 1. The number of para-hydroxylation sites is 4. The van der Waals surface area contributed by atoms with E-state index in [2.05, 4.69) is 171 Å². The minimum absolute atomic E-state index is 0.873. The van der Waals surface area contributed by atoms with Gasteiger partial charge >= 0.3 is 0 Å². The van der Waals surface area contributed by atoms with Gasteiger partial charge in [0.2, 0.25) is 0 Å². The number of nitrogens with zero attached hydrogens (tertiary/aromatic N) is 3. The molecule has 0 aliphatic rings. The lowest BCUT2D eigenvalue weighted by Gasteiger charge is -2.27. The van der Waals surface area contributed by atoms with E-state index in [4.69, 9.17) is 4.42 Å². The molecular formula is C44H27N3O. The van der Waals surface area contributed by atoms with Gasteiger partial charge in [-0.2, -0.15) is 0 Å². The molecular weight excluding hydrogens is 587 g/mol. The molecule has 0 aliphatic carbocycles. The van der Waals surface area contributed by atoms with E-state index in [0.717, 1.165) is 39.0 Å². The summed E-state index contributed by atoms with van der Waals surface area (Å²) in [6, 6.07) is 58.6. The fourth-order valence-electron chi connectivity index (χ4n) is 8.06. The van der Waals surface area contributed by atoms with Gasteiger partial charge in [-0.15, -0.1) is 0 Å². The molecule has 4 nitrogen and oxygen atoms in total. The van der Waals surface area contributed by atoms with Gasteiger partial charge in [0, 0.05) is 27.2 Å². The Kier molecular flexibility index (Phi) is 5.08. The van der Waals surface area contributed by atoms with Gasteiger partial charge in [-0.05, 0) is 65.7 Å². The fraction of sp³-hybridized carbons (Fsp3) is 0. The monoisotopic (exact) mass is 613 g/mol. The van der Waals surface area contributed by atoms with Crippen molar-refractivity contribution in [2.75, 3.05) is 4.90 Å². The Bertz CT molecular complexity index is 2990. The third-order valence-electron chi connectivity index (χ3n) is 10.0. The molecule has 0 bridgehead atoms. The van der Waals surface area contributed by atoms with E-state index in [1.807, 2.05) is 6.07 Å². The van der Waals surface area contributed by atoms with Gasteiger partial charge in [-0.1, -0.05) is 109 Å². The van der Waals surface area contributed by atoms with Crippen molar-refractivity contribution in [1.82, 2.24) is 8.80 Å². The van der Waals surface area contributed by atoms with Crippen LogP contribution in [-0.4, -0.2) is 8.80 Å². The number of benzene rings is 7. The van der Waals surface area contributed by atoms with Crippen molar-refractivity contribution in [3.8, 4) is 11.1 Å². The first-order valence-corrected chi connectivity index (χ1v) is 16.4. The molecule has 11 rings (SSSR count). The lowest BCUT2D eigenvalue weighted by atomic mass is 10.0. The Labute approximate surface area is 275 Å². The predicted molar refractivity (Wildman–Crippen MR) is 199 cm³/mol. The van der Waals surface area contributed by atoms with Crippen LogP contribution >= 0.6 is 0 Å². The lowest BCUT2D eigenvalue weighted by molar-refractivity contribution is 0.669. The number of anilines is 3. The first kappa shape index (κ1) is 25.6. The fourth-order valence-corrected chi connectivity index (χ4v) is 8.06. The van der Waals surface area contributed by atoms with E-state index in [-0.39, 0.29) is 0 Å². The number of fused-ring (bicyclic) bond motifs is 12. The van der Waals surface area contributed by atoms with Crippen molar-refractivity contribution in [3.05, 3.63) is 164 Å². The van der Waals surface area contributed by atoms with Crippen LogP contribution in [0, 0.1) is 0 Å². The third kappa shape index (κ3) is 3.33. The zero-order valence-electron chi connectivity index (χ0n) is 25.8. The van der Waals surface area contributed by atoms with Crippen molar-refractivity contribution in [1.29, 1.82) is 0 Å². The van der Waals surface area contributed by atoms with Gasteiger partial charge in [0.25, 0.3) is 0 Å². The Morgan fingerprint density at radius 2 is 0.979 bits per heavy atom. The molecule has 0 radical (unpaired) electrons. The molecule has 0 unspecified atom stereocenters. The molecule has 7 aromatic carbocycles. The molecule has 11 aromatic rings. The molecule has 0 saturated carbocycles. The second-order valence-electron chi connectivity index (χ2n) is 12.5. The molecule has 4 heteroatoms. The van der Waals surface area contributed by atoms with E-state index in [1.165, 1.54) is 55.0 Å². The molecule has 0 aliphatic heterocycles. The maximum Gasteiger partial charge on any atom is 0.137 e. The quantitative estimate of drug-likeness (QED) is 0.197. The van der Waals surface area contributed by atoms with Gasteiger partial charge in [-0.25, -0.2) is 0 Å². The summed E-state index contributed by atoms with van der Waals surface area (Å²) in [5.74, 6) is 0. The first-order chi connectivity index (χ1) is 23.8. The standard InChI is InChI=1S/C44H27N3O/c1-2-12-28(13-3-1)29-24-26-30(27-25-29)45(36-19-11-23-40-42(36)33-16-6-9-22-39(33)48-40)37-20-10-21-38-43(37)47-35-18-8-5-15-32(35)41-31-14-4-7-17-34(31)46(38)44(41)47/h1-27H. The number of hydrogen-bond donors (Lipinski definition) is 0. The number of aromatic nitrogens is 2. The average Bonchev–Trinajstić information content (AvgIpc) is 3.88. The van der Waals surface area contributed by atoms with Gasteiger partial charge in [0.15, 0.2) is 0 Å². The van der Waals surface area contributed by atoms with Crippen molar-refractivity contribution in [2.45, 2.75) is 0 Å². The minimum Gasteiger partial charge on any atom is -0.456 e. The van der Waals surface area contributed by atoms with Crippen LogP contribution in [0.4, 0.5) is 17.1 Å². The van der Waals surface area contributed by atoms with Crippen LogP contribution in [-0.2, 0) is 0 Å². The van der Waals surface area contributed by atoms with E-state index >= 15 is 0 Å². The smallest absolute Gasteiger partial charge is 0.137 e. The van der Waals surface area contributed by atoms with Gasteiger partial charge in [0.1, 0.15) is 16.8 Å². The normalized spacial score (nSPS) is 12.2. The molecule has 4 heterocycles. The van der Waals surface area contributed by atoms with Crippen LogP contribution in [0.3, 0.4) is 0 Å². The van der Waals surface area contributed by atoms with Crippen LogP contribution < -0.4 is 4.90 Å². The molecule has 0 atom stereocenters. The minimum atomic E-state index is 0.873. The van der Waals surface area contributed by atoms with E-state index in [9.17, 15) is 0 Å². The summed E-state index contributed by atoms with van der Waals surface area (Å²) in [7, 11) is 0. The Balaban J connectivity index is 1.28. The van der Waals surface area contributed by atoms with Crippen LogP contribution in [0.25, 0.3) is 76.9 Å². The van der Waals surface area contributed by atoms with E-state index in [1.54, 1.807) is 0 Å². The maximum atomic E-state index is 6.43. The average molecular weight is 614 g/mol. The number of rotatable bonds is 4. The second kappa shape index (κ2) is 9.50. The summed E-state index contributed by atoms with van der Waals surface area (Å²) >= 11 is 0. The summed E-state index contributed by atoms with van der Waals surface area (Å²) in [6.07, 6.45) is 0. The highest BCUT2D eigenvalue weighted by atomic mass is 16.3. The zero-order chi connectivity index (χ0) is 31.3. The summed E-state index contributed by atoms with van der Waals surface area (Å²) in [5, 5.41) is 6.05. The van der Waals surface area contributed by atoms with Crippen LogP contribution in [0.15, 0.2) is 168 Å². The number of hydrogen-bond acceptors (Lipinski definition) is 2. The van der Waals surface area contributed by atoms with Crippen LogP contribution in [0.2, 0.25) is 0 Å². The van der Waals surface area contributed by atoms with Crippen LogP contribution in [0.1, 0.15) is 0 Å². The molecule has 0 fully saturated rings. The SMILES string of the molecule is c1ccc(-c2ccc(N(c3cccc4oc5ccccc5c34)c3cccc4c3n3c5ccccc5c5c6ccccc6n4c53)cc2)cc1. The highest BCUT2D eigenvalue weighted by molar-refractivity contribution is 6.25. The van der Waals surface area contributed by atoms with Gasteiger partial charge in [0.05, 0.1) is 38.8 Å². The van der Waals surface area contributed by atoms with E-state index < -0.39 is 0 Å². The largest absolute Gasteiger partial charge is 0.456 e. The molecule has 0 saturated heterocycles. The predicted octanol–water partition coefficient (Wildman–Crippen LogP) is 12.1. The number of furan rings is 1. The van der Waals surface area contributed by atoms with Crippen molar-refractivity contribution in [2.24, 2.45) is 0 Å². The molecule has 224 valence electrons. The van der Waals surface area contributed by atoms with Gasteiger partial charge in [-0.3, -0.25) is 8.80 Å². The lowest BCUT2D eigenvalue weighted by Crippen LogP contribution is -2.11. The summed E-state index contributed by atoms with van der Waals surface area (Å²) in [6.45, 7) is 0. The molecule has 4 aromatic heterocycles.